The topological polar surface area (TPSA) is 39.9 Å². The van der Waals surface area contributed by atoms with E-state index in [2.05, 4.69) is 249 Å². The van der Waals surface area contributed by atoms with Gasteiger partial charge in [0.15, 0.2) is 5.58 Å². The lowest BCUT2D eigenvalue weighted by Gasteiger charge is -2.32. The molecule has 2 aliphatic rings. The van der Waals surface area contributed by atoms with Crippen LogP contribution in [0.2, 0.25) is 0 Å². The highest BCUT2D eigenvalue weighted by molar-refractivity contribution is 6.30. The summed E-state index contributed by atoms with van der Waals surface area (Å²) in [6.07, 6.45) is 10.5. The van der Waals surface area contributed by atoms with E-state index in [1.165, 1.54) is 110 Å². The van der Waals surface area contributed by atoms with E-state index in [0.717, 1.165) is 97.6 Å². The maximum atomic E-state index is 13.0. The first-order valence-electron chi connectivity index (χ1n) is 29.9. The van der Waals surface area contributed by atoms with E-state index in [-0.39, 0.29) is 5.75 Å². The van der Waals surface area contributed by atoms with E-state index < -0.39 is 0 Å². The van der Waals surface area contributed by atoms with Gasteiger partial charge in [-0.15, -0.1) is 0 Å². The highest BCUT2D eigenvalue weighted by atomic mass is 16.3. The van der Waals surface area contributed by atoms with Crippen molar-refractivity contribution >= 4 is 88.4 Å². The van der Waals surface area contributed by atoms with Gasteiger partial charge in [0.2, 0.25) is 0 Å². The summed E-state index contributed by atoms with van der Waals surface area (Å²) in [5, 5.41) is 22.9. The van der Waals surface area contributed by atoms with Gasteiger partial charge < -0.3 is 19.3 Å². The van der Waals surface area contributed by atoms with Gasteiger partial charge in [-0.3, -0.25) is 0 Å². The van der Waals surface area contributed by atoms with Crippen molar-refractivity contribution in [2.45, 2.75) is 90.4 Å². The molecule has 0 spiro atoms. The van der Waals surface area contributed by atoms with Crippen LogP contribution >= 0.6 is 0 Å². The molecule has 0 radical (unpaired) electrons. The number of anilines is 6. The third-order valence-electron chi connectivity index (χ3n) is 18.6. The third-order valence-corrected chi connectivity index (χ3v) is 18.6. The Labute approximate surface area is 480 Å². The number of aromatic hydroxyl groups is 1. The van der Waals surface area contributed by atoms with Gasteiger partial charge in [0, 0.05) is 44.0 Å². The number of phenolic OH excluding ortho intramolecular Hbond substituents is 1. The van der Waals surface area contributed by atoms with Crippen molar-refractivity contribution in [1.29, 1.82) is 0 Å². The maximum absolute atomic E-state index is 13.0. The van der Waals surface area contributed by atoms with Crippen LogP contribution in [0.3, 0.4) is 0 Å². The summed E-state index contributed by atoms with van der Waals surface area (Å²) in [7, 11) is 0. The van der Waals surface area contributed by atoms with E-state index in [1.807, 2.05) is 0 Å². The monoisotopic (exact) mass is 1060 g/mol. The van der Waals surface area contributed by atoms with Crippen molar-refractivity contribution < 1.29 is 9.52 Å². The molecule has 0 unspecified atom stereocenters. The number of fused-ring (bicyclic) bond motifs is 3. The summed E-state index contributed by atoms with van der Waals surface area (Å²) in [5.41, 5.74) is 20.9. The van der Waals surface area contributed by atoms with Crippen molar-refractivity contribution in [3.05, 3.63) is 246 Å². The van der Waals surface area contributed by atoms with Gasteiger partial charge in [-0.05, 0) is 184 Å². The molecular weight excluding hydrogens is 997 g/mol. The SMILES string of the molecule is CCc1ccccc1-c1cccc2c1oc1c(N(c3cccc(C)c3)c3cc(C4CCCC4)c4ccc5c(N(c6ccccc6)c6cccc(-c7cccc(-c8ccccc8C)c7)c6O)cc(C6CCCC6)c6ccc3c4c65)cccc12. The first kappa shape index (κ1) is 49.9. The minimum Gasteiger partial charge on any atom is -0.505 e. The number of furan rings is 1. The van der Waals surface area contributed by atoms with Crippen LogP contribution in [0.1, 0.15) is 97.9 Å². The van der Waals surface area contributed by atoms with E-state index in [0.29, 0.717) is 11.8 Å². The van der Waals surface area contributed by atoms with Crippen LogP contribution in [0.15, 0.2) is 223 Å². The van der Waals surface area contributed by atoms with Gasteiger partial charge in [0.05, 0.1) is 22.7 Å². The summed E-state index contributed by atoms with van der Waals surface area (Å²) < 4.78 is 7.39. The molecule has 0 bridgehead atoms. The third kappa shape index (κ3) is 8.25. The number of aryl methyl sites for hydroxylation is 3. The summed E-state index contributed by atoms with van der Waals surface area (Å²) in [5.74, 6) is 1.08. The number of hydrogen-bond donors (Lipinski definition) is 1. The van der Waals surface area contributed by atoms with Crippen molar-refractivity contribution in [2.24, 2.45) is 0 Å². The molecule has 2 saturated carbocycles. The number of para-hydroxylation sites is 4. The van der Waals surface area contributed by atoms with E-state index in [4.69, 9.17) is 4.42 Å². The Morgan fingerprint density at radius 1 is 0.402 bits per heavy atom. The molecule has 0 aliphatic heterocycles. The molecule has 13 aromatic rings. The van der Waals surface area contributed by atoms with Crippen LogP contribution in [-0.2, 0) is 6.42 Å². The van der Waals surface area contributed by atoms with Crippen molar-refractivity contribution in [3.8, 4) is 39.1 Å². The largest absolute Gasteiger partial charge is 0.505 e. The Morgan fingerprint density at radius 2 is 0.915 bits per heavy atom. The minimum absolute atomic E-state index is 0.252. The molecule has 2 aliphatic carbocycles. The highest BCUT2D eigenvalue weighted by Crippen LogP contribution is 2.55. The second kappa shape index (κ2) is 20.5. The van der Waals surface area contributed by atoms with E-state index >= 15 is 0 Å². The van der Waals surface area contributed by atoms with Crippen LogP contribution in [0.4, 0.5) is 34.1 Å². The van der Waals surface area contributed by atoms with Crippen LogP contribution in [0.5, 0.6) is 5.75 Å². The Kier molecular flexibility index (Phi) is 12.4. The molecule has 1 N–H and O–H groups in total. The second-order valence-corrected chi connectivity index (χ2v) is 23.4. The lowest BCUT2D eigenvalue weighted by atomic mass is 9.82. The minimum atomic E-state index is 0.252. The fraction of sp³-hybridized carbons (Fsp3) is 0.179. The molecule has 12 aromatic carbocycles. The molecule has 0 amide bonds. The number of rotatable bonds is 12. The molecule has 2 fully saturated rings. The first-order valence-corrected chi connectivity index (χ1v) is 29.9. The molecule has 4 heteroatoms. The van der Waals surface area contributed by atoms with Gasteiger partial charge in [0.25, 0.3) is 0 Å². The molecule has 15 rings (SSSR count). The summed E-state index contributed by atoms with van der Waals surface area (Å²) in [6.45, 7) is 6.60. The highest BCUT2D eigenvalue weighted by Gasteiger charge is 2.32. The standard InChI is InChI=1S/C78H66N2O2/c1-4-51-23-13-15-34-59(51)63-36-18-37-64-65-38-20-40-71(78(65)82-77(63)64)80(57-32-16-21-49(2)45-57)73-48-69(53-26-11-12-27-53)62-41-43-66-72(47-68(52-24-9-10-25-52)61-42-44-67(73)75(62)74(61)66)79(56-30-6-5-7-31-56)70-39-19-35-60(76(70)81)55-29-17-28-54(46-55)58-33-14-8-22-50(58)3/h5-8,13-23,28-48,52-53,81H,4,9-12,24-27H2,1-3H3. The van der Waals surface area contributed by atoms with Gasteiger partial charge in [-0.25, -0.2) is 0 Å². The quantitative estimate of drug-likeness (QED) is 0.124. The van der Waals surface area contributed by atoms with Gasteiger partial charge >= 0.3 is 0 Å². The number of benzene rings is 12. The fourth-order valence-corrected chi connectivity index (χ4v) is 14.7. The van der Waals surface area contributed by atoms with Crippen molar-refractivity contribution in [3.63, 3.8) is 0 Å². The Morgan fingerprint density at radius 3 is 1.59 bits per heavy atom. The van der Waals surface area contributed by atoms with Crippen LogP contribution in [-0.4, -0.2) is 5.11 Å². The number of hydrogen-bond acceptors (Lipinski definition) is 4. The van der Waals surface area contributed by atoms with E-state index in [1.54, 1.807) is 0 Å². The number of nitrogens with zero attached hydrogens (tertiary/aromatic N) is 2. The lowest BCUT2D eigenvalue weighted by molar-refractivity contribution is 0.478. The van der Waals surface area contributed by atoms with Crippen molar-refractivity contribution in [1.82, 2.24) is 0 Å². The molecular formula is C78H66N2O2. The van der Waals surface area contributed by atoms with E-state index in [9.17, 15) is 5.11 Å². The summed E-state index contributed by atoms with van der Waals surface area (Å²) in [6, 6.07) is 80.2. The zero-order chi connectivity index (χ0) is 55.0. The second-order valence-electron chi connectivity index (χ2n) is 23.4. The number of phenols is 1. The molecule has 1 heterocycles. The van der Waals surface area contributed by atoms with Crippen LogP contribution < -0.4 is 9.80 Å². The molecule has 400 valence electrons. The molecule has 0 saturated heterocycles. The van der Waals surface area contributed by atoms with Crippen LogP contribution in [0, 0.1) is 13.8 Å². The van der Waals surface area contributed by atoms with Crippen LogP contribution in [0.25, 0.3) is 87.6 Å². The van der Waals surface area contributed by atoms with Gasteiger partial charge in [0.1, 0.15) is 11.3 Å². The lowest BCUT2D eigenvalue weighted by Crippen LogP contribution is -2.13. The first-order chi connectivity index (χ1) is 40.4. The Hall–Kier alpha value is -9.12. The van der Waals surface area contributed by atoms with Crippen molar-refractivity contribution in [2.75, 3.05) is 9.80 Å². The molecule has 82 heavy (non-hydrogen) atoms. The predicted molar refractivity (Wildman–Crippen MR) is 346 cm³/mol. The summed E-state index contributed by atoms with van der Waals surface area (Å²) in [4.78, 5) is 4.87. The zero-order valence-electron chi connectivity index (χ0n) is 47.1. The normalized spacial score (nSPS) is 14.1. The summed E-state index contributed by atoms with van der Waals surface area (Å²) >= 11 is 0. The smallest absolute Gasteiger partial charge is 0.159 e. The average Bonchev–Trinajstić information content (AvgIpc) is 2.59. The maximum Gasteiger partial charge on any atom is 0.159 e. The Balaban J connectivity index is 1.01. The average molecular weight is 1060 g/mol. The molecule has 0 atom stereocenters. The predicted octanol–water partition coefficient (Wildman–Crippen LogP) is 22.6. The molecule has 4 nitrogen and oxygen atoms in total. The molecule has 1 aromatic heterocycles. The van der Waals surface area contributed by atoms with Gasteiger partial charge in [-0.1, -0.05) is 196 Å². The fourth-order valence-electron chi connectivity index (χ4n) is 14.7. The zero-order valence-corrected chi connectivity index (χ0v) is 47.1. The van der Waals surface area contributed by atoms with Gasteiger partial charge in [-0.2, -0.15) is 0 Å². The Bertz CT molecular complexity index is 4580.